The van der Waals surface area contributed by atoms with Gasteiger partial charge in [-0.25, -0.2) is 4.79 Å². The van der Waals surface area contributed by atoms with E-state index in [1.54, 1.807) is 6.92 Å². The van der Waals surface area contributed by atoms with Crippen molar-refractivity contribution in [2.75, 3.05) is 0 Å². The predicted octanol–water partition coefficient (Wildman–Crippen LogP) is 1.27. The van der Waals surface area contributed by atoms with Crippen LogP contribution in [-0.2, 0) is 0 Å². The van der Waals surface area contributed by atoms with Gasteiger partial charge in [0.25, 0.3) is 0 Å². The van der Waals surface area contributed by atoms with E-state index in [4.69, 9.17) is 10.4 Å². The highest BCUT2D eigenvalue weighted by Gasteiger charge is 2.11. The zero-order valence-electron chi connectivity index (χ0n) is 6.90. The van der Waals surface area contributed by atoms with Gasteiger partial charge >= 0.3 is 5.97 Å². The van der Waals surface area contributed by atoms with Gasteiger partial charge in [0.05, 0.1) is 11.6 Å². The summed E-state index contributed by atoms with van der Waals surface area (Å²) >= 11 is 0. The standard InChI is InChI=1S/C9H7NO3/c1-5-2-7(9(12)13)8(11)3-6(5)4-10/h2-3,11H,1H3,(H,12,13). The Morgan fingerprint density at radius 1 is 1.54 bits per heavy atom. The van der Waals surface area contributed by atoms with Crippen molar-refractivity contribution in [2.45, 2.75) is 6.92 Å². The largest absolute Gasteiger partial charge is 0.507 e. The first-order valence-corrected chi connectivity index (χ1v) is 3.53. The molecule has 66 valence electrons. The fourth-order valence-electron chi connectivity index (χ4n) is 0.988. The van der Waals surface area contributed by atoms with Gasteiger partial charge in [0.15, 0.2) is 0 Å². The number of nitrogens with zero attached hydrogens (tertiary/aromatic N) is 1. The zero-order valence-corrected chi connectivity index (χ0v) is 6.90. The number of phenols is 1. The van der Waals surface area contributed by atoms with Gasteiger partial charge in [0, 0.05) is 0 Å². The number of carbonyl (C=O) groups is 1. The fraction of sp³-hybridized carbons (Fsp3) is 0.111. The molecular formula is C9H7NO3. The number of nitriles is 1. The number of carboxylic acids is 1. The van der Waals surface area contributed by atoms with Crippen molar-refractivity contribution >= 4 is 5.97 Å². The molecule has 4 nitrogen and oxygen atoms in total. The number of aromatic hydroxyl groups is 1. The van der Waals surface area contributed by atoms with Crippen LogP contribution in [0.4, 0.5) is 0 Å². The third-order valence-electron chi connectivity index (χ3n) is 1.69. The average molecular weight is 177 g/mol. The van der Waals surface area contributed by atoms with Crippen LogP contribution in [0, 0.1) is 18.3 Å². The highest BCUT2D eigenvalue weighted by atomic mass is 16.4. The Bertz CT molecular complexity index is 404. The highest BCUT2D eigenvalue weighted by molar-refractivity contribution is 5.91. The molecule has 0 amide bonds. The van der Waals surface area contributed by atoms with E-state index in [9.17, 15) is 9.90 Å². The van der Waals surface area contributed by atoms with Crippen LogP contribution < -0.4 is 0 Å². The van der Waals surface area contributed by atoms with Crippen LogP contribution in [0.15, 0.2) is 12.1 Å². The van der Waals surface area contributed by atoms with E-state index in [0.717, 1.165) is 6.07 Å². The predicted molar refractivity (Wildman–Crippen MR) is 44.5 cm³/mol. The Balaban J connectivity index is 3.39. The lowest BCUT2D eigenvalue weighted by Crippen LogP contribution is -1.98. The number of rotatable bonds is 1. The second kappa shape index (κ2) is 3.15. The summed E-state index contributed by atoms with van der Waals surface area (Å²) in [4.78, 5) is 10.5. The molecule has 4 heteroatoms. The lowest BCUT2D eigenvalue weighted by molar-refractivity contribution is 0.0693. The first-order valence-electron chi connectivity index (χ1n) is 3.53. The van der Waals surface area contributed by atoms with Gasteiger partial charge in [0.1, 0.15) is 11.3 Å². The minimum atomic E-state index is -1.20. The molecule has 0 saturated heterocycles. The molecule has 1 rings (SSSR count). The molecule has 1 aromatic rings. The monoisotopic (exact) mass is 177 g/mol. The Kier molecular flexibility index (Phi) is 2.20. The Hall–Kier alpha value is -2.02. The van der Waals surface area contributed by atoms with Crippen LogP contribution in [-0.4, -0.2) is 16.2 Å². The van der Waals surface area contributed by atoms with Gasteiger partial charge in [-0.15, -0.1) is 0 Å². The average Bonchev–Trinajstić information content (AvgIpc) is 2.07. The molecule has 0 aromatic heterocycles. The van der Waals surface area contributed by atoms with Crippen LogP contribution in [0.1, 0.15) is 21.5 Å². The summed E-state index contributed by atoms with van der Waals surface area (Å²) in [6.45, 7) is 1.62. The zero-order chi connectivity index (χ0) is 10.0. The molecule has 2 N–H and O–H groups in total. The molecule has 0 spiro atoms. The Morgan fingerprint density at radius 2 is 2.15 bits per heavy atom. The number of hydrogen-bond acceptors (Lipinski definition) is 3. The number of hydrogen-bond donors (Lipinski definition) is 2. The van der Waals surface area contributed by atoms with Crippen molar-refractivity contribution < 1.29 is 15.0 Å². The molecule has 1 aromatic carbocycles. The van der Waals surface area contributed by atoms with Gasteiger partial charge < -0.3 is 10.2 Å². The molecule has 0 unspecified atom stereocenters. The molecule has 0 radical (unpaired) electrons. The van der Waals surface area contributed by atoms with Crippen molar-refractivity contribution in [1.82, 2.24) is 0 Å². The molecule has 0 saturated carbocycles. The first kappa shape index (κ1) is 9.07. The number of aromatic carboxylic acids is 1. The van der Waals surface area contributed by atoms with Crippen LogP contribution in [0.3, 0.4) is 0 Å². The van der Waals surface area contributed by atoms with Crippen molar-refractivity contribution in [3.8, 4) is 11.8 Å². The summed E-state index contributed by atoms with van der Waals surface area (Å²) in [6, 6.07) is 4.27. The molecule has 0 aliphatic heterocycles. The third-order valence-corrected chi connectivity index (χ3v) is 1.69. The van der Waals surface area contributed by atoms with Gasteiger partial charge in [-0.1, -0.05) is 0 Å². The quantitative estimate of drug-likeness (QED) is 0.676. The van der Waals surface area contributed by atoms with Crippen LogP contribution in [0.5, 0.6) is 5.75 Å². The summed E-state index contributed by atoms with van der Waals surface area (Å²) < 4.78 is 0. The van der Waals surface area contributed by atoms with E-state index in [1.807, 2.05) is 6.07 Å². The van der Waals surface area contributed by atoms with Crippen molar-refractivity contribution in [3.05, 3.63) is 28.8 Å². The molecular weight excluding hydrogens is 170 g/mol. The smallest absolute Gasteiger partial charge is 0.339 e. The summed E-state index contributed by atoms with van der Waals surface area (Å²) in [5.41, 5.74) is 0.636. The SMILES string of the molecule is Cc1cc(C(=O)O)c(O)cc1C#N. The summed E-state index contributed by atoms with van der Waals surface area (Å²) in [6.07, 6.45) is 0. The van der Waals surface area contributed by atoms with E-state index in [1.165, 1.54) is 6.07 Å². The maximum Gasteiger partial charge on any atom is 0.339 e. The van der Waals surface area contributed by atoms with Crippen molar-refractivity contribution in [2.24, 2.45) is 0 Å². The molecule has 0 aliphatic carbocycles. The second-order valence-corrected chi connectivity index (χ2v) is 2.60. The molecule has 0 aliphatic rings. The molecule has 0 heterocycles. The first-order chi connectivity index (χ1) is 6.06. The Morgan fingerprint density at radius 3 is 2.62 bits per heavy atom. The normalized spacial score (nSPS) is 9.23. The van der Waals surface area contributed by atoms with Crippen molar-refractivity contribution in [1.29, 1.82) is 5.26 Å². The molecule has 13 heavy (non-hydrogen) atoms. The minimum Gasteiger partial charge on any atom is -0.507 e. The van der Waals surface area contributed by atoms with Crippen LogP contribution in [0.2, 0.25) is 0 Å². The lowest BCUT2D eigenvalue weighted by Gasteiger charge is -2.02. The van der Waals surface area contributed by atoms with Gasteiger partial charge in [0.2, 0.25) is 0 Å². The van der Waals surface area contributed by atoms with E-state index >= 15 is 0 Å². The topological polar surface area (TPSA) is 81.3 Å². The summed E-state index contributed by atoms with van der Waals surface area (Å²) in [7, 11) is 0. The summed E-state index contributed by atoms with van der Waals surface area (Å²) in [5.74, 6) is -1.58. The van der Waals surface area contributed by atoms with Gasteiger partial charge in [-0.2, -0.15) is 5.26 Å². The van der Waals surface area contributed by atoms with Crippen LogP contribution >= 0.6 is 0 Å². The fourth-order valence-corrected chi connectivity index (χ4v) is 0.988. The minimum absolute atomic E-state index is 0.184. The lowest BCUT2D eigenvalue weighted by atomic mass is 10.1. The number of carboxylic acid groups (broad SMARTS) is 1. The van der Waals surface area contributed by atoms with Gasteiger partial charge in [-0.3, -0.25) is 0 Å². The highest BCUT2D eigenvalue weighted by Crippen LogP contribution is 2.21. The van der Waals surface area contributed by atoms with E-state index in [-0.39, 0.29) is 16.9 Å². The number of benzene rings is 1. The number of aryl methyl sites for hydroxylation is 1. The van der Waals surface area contributed by atoms with Crippen LogP contribution in [0.25, 0.3) is 0 Å². The maximum absolute atomic E-state index is 10.5. The van der Waals surface area contributed by atoms with E-state index in [0.29, 0.717) is 5.56 Å². The van der Waals surface area contributed by atoms with Gasteiger partial charge in [-0.05, 0) is 24.6 Å². The van der Waals surface area contributed by atoms with Crippen molar-refractivity contribution in [3.63, 3.8) is 0 Å². The maximum atomic E-state index is 10.5. The molecule has 0 atom stereocenters. The molecule has 0 fully saturated rings. The Labute approximate surface area is 74.7 Å². The summed E-state index contributed by atoms with van der Waals surface area (Å²) in [5, 5.41) is 26.4. The second-order valence-electron chi connectivity index (χ2n) is 2.60. The van der Waals surface area contributed by atoms with E-state index in [2.05, 4.69) is 0 Å². The molecule has 0 bridgehead atoms. The third kappa shape index (κ3) is 1.59. The van der Waals surface area contributed by atoms with E-state index < -0.39 is 5.97 Å².